The molecule has 0 bridgehead atoms. The number of carbonyl (C=O) groups excluding carboxylic acids is 3. The van der Waals surface area contributed by atoms with Gasteiger partial charge in [-0.05, 0) is 83.4 Å². The van der Waals surface area contributed by atoms with Crippen LogP contribution in [0.4, 0.5) is 19.4 Å². The molecule has 0 saturated carbocycles. The standard InChI is InChI=1S/C19H13Cl3FN3O4.C19H29FN2O2/c1-8-7-26(2)25-17(8)24-18(28)10-5-11(15(27)6-14(10)23)19(29)30-16-12(21)3-9(20)4-13(16)22;1-14-6-7-16(12-17(14)20)8-9-21-10-11-22(15(2)13-21)18(23)24-19(3,4)5/h3-7,27H,1-2H3,(H,24,25,28);6-7,12,15H,8-11,13H2,1-5H3/t;15-/m.1/s1. The summed E-state index contributed by atoms with van der Waals surface area (Å²) in [5, 5.41) is 16.6. The molecule has 1 saturated heterocycles. The summed E-state index contributed by atoms with van der Waals surface area (Å²) in [4.78, 5) is 41.4. The number of hydrogen-bond acceptors (Lipinski definition) is 8. The molecular formula is C38H42Cl3F2N5O6. The van der Waals surface area contributed by atoms with Crippen LogP contribution in [0, 0.1) is 25.5 Å². The Balaban J connectivity index is 0.000000247. The number of aromatic hydroxyl groups is 1. The van der Waals surface area contributed by atoms with Crippen molar-refractivity contribution in [3.63, 3.8) is 0 Å². The number of aromatic nitrogens is 2. The maximum absolute atomic E-state index is 14.3. The van der Waals surface area contributed by atoms with Crippen molar-refractivity contribution in [2.45, 2.75) is 59.6 Å². The topological polar surface area (TPSA) is 126 Å². The van der Waals surface area contributed by atoms with Crippen molar-refractivity contribution in [1.82, 2.24) is 19.6 Å². The Kier molecular flexibility index (Phi) is 14.0. The number of nitrogens with one attached hydrogen (secondary N) is 1. The molecular weight excluding hydrogens is 767 g/mol. The molecule has 11 nitrogen and oxygen atoms in total. The number of rotatable bonds is 7. The third kappa shape index (κ3) is 11.3. The number of phenolic OH excluding ortho intramolecular Hbond substituents is 1. The molecule has 1 atom stereocenters. The van der Waals surface area contributed by atoms with E-state index in [0.717, 1.165) is 37.7 Å². The van der Waals surface area contributed by atoms with Gasteiger partial charge in [-0.1, -0.05) is 46.9 Å². The second-order valence-electron chi connectivity index (χ2n) is 13.9. The predicted molar refractivity (Wildman–Crippen MR) is 204 cm³/mol. The number of hydrogen-bond donors (Lipinski definition) is 2. The molecule has 54 heavy (non-hydrogen) atoms. The fraction of sp³-hybridized carbons (Fsp3) is 0.368. The number of halogens is 5. The highest BCUT2D eigenvalue weighted by molar-refractivity contribution is 6.40. The number of phenols is 1. The van der Waals surface area contributed by atoms with Gasteiger partial charge in [0.1, 0.15) is 28.5 Å². The third-order valence-corrected chi connectivity index (χ3v) is 9.02. The van der Waals surface area contributed by atoms with Crippen LogP contribution < -0.4 is 10.1 Å². The van der Waals surface area contributed by atoms with Crippen LogP contribution in [0.1, 0.15) is 65.1 Å². The average Bonchev–Trinajstić information content (AvgIpc) is 3.38. The Hall–Kier alpha value is -4.43. The van der Waals surface area contributed by atoms with Crippen molar-refractivity contribution >= 4 is 58.6 Å². The molecule has 1 aromatic heterocycles. The molecule has 2 amide bonds. The summed E-state index contributed by atoms with van der Waals surface area (Å²) in [5.41, 5.74) is 0.901. The average molecular weight is 809 g/mol. The summed E-state index contributed by atoms with van der Waals surface area (Å²) < 4.78 is 40.0. The third-order valence-electron chi connectivity index (χ3n) is 8.24. The quantitative estimate of drug-likeness (QED) is 0.141. The Morgan fingerprint density at radius 1 is 0.963 bits per heavy atom. The molecule has 1 aliphatic heterocycles. The van der Waals surface area contributed by atoms with Crippen LogP contribution in [-0.4, -0.2) is 80.5 Å². The van der Waals surface area contributed by atoms with Crippen molar-refractivity contribution in [3.05, 3.63) is 103 Å². The fourth-order valence-corrected chi connectivity index (χ4v) is 6.38. The lowest BCUT2D eigenvalue weighted by molar-refractivity contribution is 0.00160. The minimum Gasteiger partial charge on any atom is -0.507 e. The first-order valence-electron chi connectivity index (χ1n) is 16.9. The second kappa shape index (κ2) is 17.8. The normalized spacial score (nSPS) is 14.6. The highest BCUT2D eigenvalue weighted by Gasteiger charge is 2.31. The number of esters is 1. The van der Waals surface area contributed by atoms with Gasteiger partial charge in [0.25, 0.3) is 5.91 Å². The van der Waals surface area contributed by atoms with Crippen LogP contribution in [0.5, 0.6) is 11.5 Å². The number of nitrogens with zero attached hydrogens (tertiary/aromatic N) is 4. The van der Waals surface area contributed by atoms with E-state index in [0.29, 0.717) is 23.7 Å². The number of aryl methyl sites for hydroxylation is 3. The molecule has 290 valence electrons. The van der Waals surface area contributed by atoms with E-state index < -0.39 is 40.2 Å². The summed E-state index contributed by atoms with van der Waals surface area (Å²) in [6, 6.07) is 9.64. The van der Waals surface area contributed by atoms with Gasteiger partial charge in [-0.15, -0.1) is 0 Å². The number of carbonyl (C=O) groups is 3. The maximum atomic E-state index is 14.3. The van der Waals surface area contributed by atoms with Crippen molar-refractivity contribution < 1.29 is 37.7 Å². The molecule has 4 aromatic rings. The Labute approximate surface area is 327 Å². The van der Waals surface area contributed by atoms with Crippen LogP contribution in [-0.2, 0) is 18.2 Å². The Bertz CT molecular complexity index is 2010. The van der Waals surface area contributed by atoms with Crippen molar-refractivity contribution in [1.29, 1.82) is 0 Å². The van der Waals surface area contributed by atoms with Crippen LogP contribution in [0.25, 0.3) is 0 Å². The first-order chi connectivity index (χ1) is 25.2. The summed E-state index contributed by atoms with van der Waals surface area (Å²) in [7, 11) is 1.66. The summed E-state index contributed by atoms with van der Waals surface area (Å²) in [6.07, 6.45) is 2.23. The number of piperazine rings is 1. The van der Waals surface area contributed by atoms with Crippen molar-refractivity contribution in [2.24, 2.45) is 7.05 Å². The lowest BCUT2D eigenvalue weighted by atomic mass is 10.1. The molecule has 5 rings (SSSR count). The zero-order chi connectivity index (χ0) is 40.1. The second-order valence-corrected chi connectivity index (χ2v) is 15.1. The van der Waals surface area contributed by atoms with Crippen LogP contribution in [0.2, 0.25) is 15.1 Å². The summed E-state index contributed by atoms with van der Waals surface area (Å²) in [5.74, 6) is -3.88. The SMILES string of the molecule is Cc1ccc(CCN2CCN(C(=O)OC(C)(C)C)[C@H](C)C2)cc1F.Cc1cn(C)nc1NC(=O)c1cc(C(=O)Oc2c(Cl)cc(Cl)cc2Cl)c(O)cc1F. The number of amides is 2. The zero-order valence-electron chi connectivity index (χ0n) is 30.9. The predicted octanol–water partition coefficient (Wildman–Crippen LogP) is 8.62. The lowest BCUT2D eigenvalue weighted by Crippen LogP contribution is -2.55. The first kappa shape index (κ1) is 42.3. The zero-order valence-corrected chi connectivity index (χ0v) is 33.2. The minimum absolute atomic E-state index is 0.0500. The van der Waals surface area contributed by atoms with Crippen LogP contribution in [0.3, 0.4) is 0 Å². The Morgan fingerprint density at radius 3 is 2.20 bits per heavy atom. The fourth-order valence-electron chi connectivity index (χ4n) is 5.49. The highest BCUT2D eigenvalue weighted by Crippen LogP contribution is 2.37. The molecule has 2 heterocycles. The molecule has 0 aliphatic carbocycles. The van der Waals surface area contributed by atoms with Gasteiger partial charge in [-0.25, -0.2) is 18.4 Å². The van der Waals surface area contributed by atoms with E-state index in [9.17, 15) is 28.3 Å². The van der Waals surface area contributed by atoms with E-state index in [1.165, 1.54) is 16.8 Å². The number of ether oxygens (including phenoxy) is 2. The van der Waals surface area contributed by atoms with Gasteiger partial charge in [0.05, 0.1) is 15.6 Å². The van der Waals surface area contributed by atoms with Gasteiger partial charge in [0.15, 0.2) is 11.6 Å². The smallest absolute Gasteiger partial charge is 0.410 e. The van der Waals surface area contributed by atoms with E-state index >= 15 is 0 Å². The van der Waals surface area contributed by atoms with Gasteiger partial charge in [0.2, 0.25) is 0 Å². The molecule has 2 N–H and O–H groups in total. The number of anilines is 1. The minimum atomic E-state index is -1.11. The molecule has 3 aromatic carbocycles. The molecule has 16 heteroatoms. The first-order valence-corrected chi connectivity index (χ1v) is 18.0. The Morgan fingerprint density at radius 2 is 1.63 bits per heavy atom. The van der Waals surface area contributed by atoms with E-state index in [1.54, 1.807) is 38.1 Å². The maximum Gasteiger partial charge on any atom is 0.410 e. The van der Waals surface area contributed by atoms with Crippen LogP contribution in [0.15, 0.2) is 48.7 Å². The van der Waals surface area contributed by atoms with E-state index in [-0.39, 0.29) is 44.6 Å². The van der Waals surface area contributed by atoms with E-state index in [1.807, 2.05) is 39.8 Å². The largest absolute Gasteiger partial charge is 0.507 e. The monoisotopic (exact) mass is 807 g/mol. The molecule has 0 radical (unpaired) electrons. The van der Waals surface area contributed by atoms with Gasteiger partial charge < -0.3 is 24.8 Å². The van der Waals surface area contributed by atoms with E-state index in [2.05, 4.69) is 15.3 Å². The van der Waals surface area contributed by atoms with Crippen molar-refractivity contribution in [2.75, 3.05) is 31.5 Å². The summed E-state index contributed by atoms with van der Waals surface area (Å²) >= 11 is 17.8. The van der Waals surface area contributed by atoms with Crippen molar-refractivity contribution in [3.8, 4) is 11.5 Å². The highest BCUT2D eigenvalue weighted by atomic mass is 35.5. The molecule has 1 fully saturated rings. The lowest BCUT2D eigenvalue weighted by Gasteiger charge is -2.40. The molecule has 1 aliphatic rings. The van der Waals surface area contributed by atoms with Gasteiger partial charge in [0, 0.05) is 62.1 Å². The molecule has 0 unspecified atom stereocenters. The van der Waals surface area contributed by atoms with E-state index in [4.69, 9.17) is 44.3 Å². The van der Waals surface area contributed by atoms with Crippen LogP contribution >= 0.6 is 34.8 Å². The van der Waals surface area contributed by atoms with Gasteiger partial charge in [-0.2, -0.15) is 5.10 Å². The number of benzene rings is 3. The van der Waals surface area contributed by atoms with Gasteiger partial charge in [-0.3, -0.25) is 14.4 Å². The van der Waals surface area contributed by atoms with Gasteiger partial charge >= 0.3 is 12.1 Å². The summed E-state index contributed by atoms with van der Waals surface area (Å²) in [6.45, 7) is 14.3. The molecule has 0 spiro atoms.